The average Bonchev–Trinajstić information content (AvgIpc) is 2.21. The van der Waals surface area contributed by atoms with E-state index >= 15 is 0 Å². The zero-order chi connectivity index (χ0) is 12.0. The van der Waals surface area contributed by atoms with Crippen molar-refractivity contribution in [1.82, 2.24) is 10.3 Å². The minimum atomic E-state index is -3.37. The van der Waals surface area contributed by atoms with Crippen LogP contribution in [0.5, 0.6) is 0 Å². The van der Waals surface area contributed by atoms with Crippen molar-refractivity contribution in [3.05, 3.63) is 23.4 Å². The van der Waals surface area contributed by atoms with Gasteiger partial charge in [-0.25, -0.2) is 13.4 Å². The van der Waals surface area contributed by atoms with E-state index in [0.717, 1.165) is 0 Å². The smallest absolute Gasteiger partial charge is 0.233 e. The molecule has 0 aliphatic heterocycles. The molecule has 16 heavy (non-hydrogen) atoms. The van der Waals surface area contributed by atoms with E-state index in [0.29, 0.717) is 18.0 Å². The fraction of sp³-hybridized carbons (Fsp3) is 0.444. The van der Waals surface area contributed by atoms with Gasteiger partial charge in [-0.05, 0) is 32.1 Å². The number of aromatic nitrogens is 1. The van der Waals surface area contributed by atoms with Crippen LogP contribution < -0.4 is 10.0 Å². The molecule has 5 nitrogen and oxygen atoms in total. The Morgan fingerprint density at radius 2 is 2.25 bits per heavy atom. The summed E-state index contributed by atoms with van der Waals surface area (Å²) in [6, 6.07) is 3.22. The SMILES string of the molecule is CNCCCS(=O)(=O)Nc1ncccc1Cl. The molecule has 0 aliphatic carbocycles. The number of nitrogens with one attached hydrogen (secondary N) is 2. The van der Waals surface area contributed by atoms with Crippen LogP contribution in [0.4, 0.5) is 5.82 Å². The molecule has 2 N–H and O–H groups in total. The summed E-state index contributed by atoms with van der Waals surface area (Å²) < 4.78 is 25.5. The number of anilines is 1. The second-order valence-corrected chi connectivity index (χ2v) is 5.46. The van der Waals surface area contributed by atoms with Gasteiger partial charge >= 0.3 is 0 Å². The molecule has 0 unspecified atom stereocenters. The van der Waals surface area contributed by atoms with Crippen LogP contribution in [-0.2, 0) is 10.0 Å². The van der Waals surface area contributed by atoms with Crippen molar-refractivity contribution in [2.24, 2.45) is 0 Å². The molecular formula is C9H14ClN3O2S. The van der Waals surface area contributed by atoms with Gasteiger partial charge in [0.05, 0.1) is 10.8 Å². The van der Waals surface area contributed by atoms with E-state index < -0.39 is 10.0 Å². The zero-order valence-corrected chi connectivity index (χ0v) is 10.5. The molecule has 0 radical (unpaired) electrons. The Balaban J connectivity index is 2.63. The summed E-state index contributed by atoms with van der Waals surface area (Å²) in [5.74, 6) is 0.217. The van der Waals surface area contributed by atoms with Gasteiger partial charge in [0.15, 0.2) is 5.82 Å². The summed E-state index contributed by atoms with van der Waals surface area (Å²) in [6.07, 6.45) is 2.02. The highest BCUT2D eigenvalue weighted by molar-refractivity contribution is 7.92. The first-order valence-electron chi connectivity index (χ1n) is 4.81. The standard InChI is InChI=1S/C9H14ClN3O2S/c1-11-5-3-7-16(14,15)13-9-8(10)4-2-6-12-9/h2,4,6,11H,3,5,7H2,1H3,(H,12,13). The molecule has 0 amide bonds. The molecule has 1 aromatic heterocycles. The molecule has 0 saturated carbocycles. The van der Waals surface area contributed by atoms with Crippen LogP contribution in [0.15, 0.2) is 18.3 Å². The van der Waals surface area contributed by atoms with Gasteiger partial charge in [-0.3, -0.25) is 4.72 Å². The van der Waals surface area contributed by atoms with Crippen LogP contribution in [0.2, 0.25) is 5.02 Å². The van der Waals surface area contributed by atoms with Gasteiger partial charge in [0.25, 0.3) is 0 Å². The summed E-state index contributed by atoms with van der Waals surface area (Å²) in [6.45, 7) is 0.650. The Hall–Kier alpha value is -0.850. The summed E-state index contributed by atoms with van der Waals surface area (Å²) in [4.78, 5) is 3.85. The van der Waals surface area contributed by atoms with Crippen molar-refractivity contribution >= 4 is 27.4 Å². The van der Waals surface area contributed by atoms with Crippen LogP contribution in [0, 0.1) is 0 Å². The molecule has 0 saturated heterocycles. The molecular weight excluding hydrogens is 250 g/mol. The number of halogens is 1. The monoisotopic (exact) mass is 263 g/mol. The van der Waals surface area contributed by atoms with Crippen molar-refractivity contribution in [2.75, 3.05) is 24.1 Å². The van der Waals surface area contributed by atoms with E-state index in [1.807, 2.05) is 0 Å². The highest BCUT2D eigenvalue weighted by atomic mass is 35.5. The van der Waals surface area contributed by atoms with Gasteiger partial charge in [0.1, 0.15) is 0 Å². The number of hydrogen-bond acceptors (Lipinski definition) is 4. The van der Waals surface area contributed by atoms with Crippen molar-refractivity contribution in [2.45, 2.75) is 6.42 Å². The van der Waals surface area contributed by atoms with E-state index in [1.54, 1.807) is 19.2 Å². The topological polar surface area (TPSA) is 71.1 Å². The third-order valence-corrected chi connectivity index (χ3v) is 3.49. The second-order valence-electron chi connectivity index (χ2n) is 3.21. The molecule has 1 aromatic rings. The number of rotatable bonds is 6. The first-order valence-corrected chi connectivity index (χ1v) is 6.84. The predicted molar refractivity (Wildman–Crippen MR) is 65.2 cm³/mol. The lowest BCUT2D eigenvalue weighted by Crippen LogP contribution is -2.20. The van der Waals surface area contributed by atoms with Gasteiger partial charge in [-0.1, -0.05) is 11.6 Å². The first kappa shape index (κ1) is 13.2. The van der Waals surface area contributed by atoms with E-state index in [-0.39, 0.29) is 11.6 Å². The fourth-order valence-corrected chi connectivity index (χ4v) is 2.41. The van der Waals surface area contributed by atoms with Gasteiger partial charge < -0.3 is 5.32 Å². The molecule has 0 bridgehead atoms. The zero-order valence-electron chi connectivity index (χ0n) is 8.90. The lowest BCUT2D eigenvalue weighted by Gasteiger charge is -2.07. The van der Waals surface area contributed by atoms with Crippen LogP contribution in [-0.4, -0.2) is 32.7 Å². The first-order chi connectivity index (χ1) is 7.55. The van der Waals surface area contributed by atoms with Crippen molar-refractivity contribution < 1.29 is 8.42 Å². The molecule has 0 aromatic carbocycles. The largest absolute Gasteiger partial charge is 0.320 e. The maximum absolute atomic E-state index is 11.6. The van der Waals surface area contributed by atoms with Crippen molar-refractivity contribution in [1.29, 1.82) is 0 Å². The molecule has 0 fully saturated rings. The van der Waals surface area contributed by atoms with E-state index in [2.05, 4.69) is 15.0 Å². The Morgan fingerprint density at radius 3 is 2.88 bits per heavy atom. The number of sulfonamides is 1. The van der Waals surface area contributed by atoms with Crippen LogP contribution >= 0.6 is 11.6 Å². The third kappa shape index (κ3) is 4.34. The molecule has 0 aliphatic rings. The average molecular weight is 264 g/mol. The van der Waals surface area contributed by atoms with Gasteiger partial charge in [0, 0.05) is 6.20 Å². The molecule has 7 heteroatoms. The normalized spacial score (nSPS) is 11.4. The van der Waals surface area contributed by atoms with Crippen LogP contribution in [0.25, 0.3) is 0 Å². The molecule has 1 heterocycles. The second kappa shape index (κ2) is 6.03. The fourth-order valence-electron chi connectivity index (χ4n) is 1.10. The van der Waals surface area contributed by atoms with Crippen molar-refractivity contribution in [3.8, 4) is 0 Å². The summed E-state index contributed by atoms with van der Waals surface area (Å²) >= 11 is 5.79. The highest BCUT2D eigenvalue weighted by Crippen LogP contribution is 2.18. The Labute approximate surface area is 100 Å². The summed E-state index contributed by atoms with van der Waals surface area (Å²) in [5.41, 5.74) is 0. The van der Waals surface area contributed by atoms with E-state index in [4.69, 9.17) is 11.6 Å². The van der Waals surface area contributed by atoms with Gasteiger partial charge in [-0.15, -0.1) is 0 Å². The summed E-state index contributed by atoms with van der Waals surface area (Å²) in [5, 5.41) is 3.17. The molecule has 90 valence electrons. The lowest BCUT2D eigenvalue weighted by atomic mass is 10.5. The minimum Gasteiger partial charge on any atom is -0.320 e. The maximum Gasteiger partial charge on any atom is 0.233 e. The minimum absolute atomic E-state index is 0.0424. The maximum atomic E-state index is 11.6. The number of pyridine rings is 1. The predicted octanol–water partition coefficient (Wildman–Crippen LogP) is 1.09. The quantitative estimate of drug-likeness (QED) is 0.754. The van der Waals surface area contributed by atoms with Crippen LogP contribution in [0.3, 0.4) is 0 Å². The Morgan fingerprint density at radius 1 is 1.50 bits per heavy atom. The Kier molecular flexibility index (Phi) is 4.98. The lowest BCUT2D eigenvalue weighted by molar-refractivity contribution is 0.596. The molecule has 0 spiro atoms. The van der Waals surface area contributed by atoms with Crippen molar-refractivity contribution in [3.63, 3.8) is 0 Å². The van der Waals surface area contributed by atoms with Gasteiger partial charge in [-0.2, -0.15) is 0 Å². The van der Waals surface area contributed by atoms with Crippen LogP contribution in [0.1, 0.15) is 6.42 Å². The summed E-state index contributed by atoms with van der Waals surface area (Å²) in [7, 11) is -1.59. The van der Waals surface area contributed by atoms with E-state index in [9.17, 15) is 8.42 Å². The van der Waals surface area contributed by atoms with E-state index in [1.165, 1.54) is 6.20 Å². The number of nitrogens with zero attached hydrogens (tertiary/aromatic N) is 1. The molecule has 1 rings (SSSR count). The Bertz CT molecular complexity index is 436. The molecule has 0 atom stereocenters. The number of hydrogen-bond donors (Lipinski definition) is 2. The highest BCUT2D eigenvalue weighted by Gasteiger charge is 2.12. The third-order valence-electron chi connectivity index (χ3n) is 1.85. The van der Waals surface area contributed by atoms with Gasteiger partial charge in [0.2, 0.25) is 10.0 Å².